The fourth-order valence-corrected chi connectivity index (χ4v) is 4.19. The van der Waals surface area contributed by atoms with Crippen LogP contribution in [-0.4, -0.2) is 47.6 Å². The number of amides is 1. The first-order chi connectivity index (χ1) is 10.3. The van der Waals surface area contributed by atoms with Crippen LogP contribution < -0.4 is 0 Å². The number of nitrogens with zero attached hydrogens (tertiary/aromatic N) is 1. The summed E-state index contributed by atoms with van der Waals surface area (Å²) in [5, 5.41) is 0. The maximum Gasteiger partial charge on any atom is 0.257 e. The van der Waals surface area contributed by atoms with Gasteiger partial charge in [0, 0.05) is 24.9 Å². The lowest BCUT2D eigenvalue weighted by Gasteiger charge is -2.31. The van der Waals surface area contributed by atoms with E-state index in [4.69, 9.17) is 4.74 Å². The Bertz CT molecular complexity index is 499. The molecule has 0 N–H and O–H groups in total. The van der Waals surface area contributed by atoms with Gasteiger partial charge in [0.2, 0.25) is 0 Å². The average Bonchev–Trinajstić information content (AvgIpc) is 3.18. The van der Waals surface area contributed by atoms with Gasteiger partial charge >= 0.3 is 0 Å². The number of ether oxygens (including phenoxy) is 1. The lowest BCUT2D eigenvalue weighted by Crippen LogP contribution is -2.45. The Balaban J connectivity index is 1.79. The van der Waals surface area contributed by atoms with Gasteiger partial charge in [-0.25, -0.2) is 4.39 Å². The van der Waals surface area contributed by atoms with E-state index >= 15 is 0 Å². The van der Waals surface area contributed by atoms with E-state index in [1.54, 1.807) is 18.2 Å². The number of rotatable bonds is 4. The van der Waals surface area contributed by atoms with E-state index in [0.717, 1.165) is 37.4 Å². The van der Waals surface area contributed by atoms with Gasteiger partial charge in [-0.3, -0.25) is 4.79 Å². The molecule has 2 atom stereocenters. The SMILES string of the molecule is O=C(c1ccccc1F)N(CC1CCCO1)C1CCSC1. The molecule has 114 valence electrons. The van der Waals surface area contributed by atoms with E-state index in [1.807, 2.05) is 16.7 Å². The minimum atomic E-state index is -0.439. The summed E-state index contributed by atoms with van der Waals surface area (Å²) >= 11 is 1.86. The van der Waals surface area contributed by atoms with Crippen LogP contribution in [-0.2, 0) is 4.74 Å². The van der Waals surface area contributed by atoms with Crippen LogP contribution in [0.1, 0.15) is 29.6 Å². The topological polar surface area (TPSA) is 29.5 Å². The Hall–Kier alpha value is -1.07. The minimum Gasteiger partial charge on any atom is -0.376 e. The molecule has 0 bridgehead atoms. The first kappa shape index (κ1) is 14.9. The summed E-state index contributed by atoms with van der Waals surface area (Å²) in [7, 11) is 0. The van der Waals surface area contributed by atoms with Crippen LogP contribution >= 0.6 is 11.8 Å². The van der Waals surface area contributed by atoms with E-state index in [1.165, 1.54) is 6.07 Å². The zero-order valence-corrected chi connectivity index (χ0v) is 12.8. The molecule has 3 nitrogen and oxygen atoms in total. The van der Waals surface area contributed by atoms with Gasteiger partial charge in [0.1, 0.15) is 5.82 Å². The largest absolute Gasteiger partial charge is 0.376 e. The molecule has 0 aliphatic carbocycles. The first-order valence-electron chi connectivity index (χ1n) is 7.50. The van der Waals surface area contributed by atoms with Crippen LogP contribution in [0.4, 0.5) is 4.39 Å². The van der Waals surface area contributed by atoms with Gasteiger partial charge in [0.25, 0.3) is 5.91 Å². The highest BCUT2D eigenvalue weighted by atomic mass is 32.2. The standard InChI is InChI=1S/C16H20FNO2S/c17-15-6-2-1-5-14(15)16(19)18(12-7-9-21-11-12)10-13-4-3-8-20-13/h1-2,5-6,12-13H,3-4,7-11H2. The highest BCUT2D eigenvalue weighted by Crippen LogP contribution is 2.26. The van der Waals surface area contributed by atoms with Crippen molar-refractivity contribution in [2.45, 2.75) is 31.4 Å². The van der Waals surface area contributed by atoms with Crippen molar-refractivity contribution in [2.24, 2.45) is 0 Å². The minimum absolute atomic E-state index is 0.103. The number of carbonyl (C=O) groups excluding carboxylic acids is 1. The third-order valence-electron chi connectivity index (χ3n) is 4.14. The summed E-state index contributed by atoms with van der Waals surface area (Å²) in [4.78, 5) is 14.6. The lowest BCUT2D eigenvalue weighted by molar-refractivity contribution is 0.0438. The summed E-state index contributed by atoms with van der Waals surface area (Å²) < 4.78 is 19.6. The van der Waals surface area contributed by atoms with Crippen LogP contribution in [0.25, 0.3) is 0 Å². The van der Waals surface area contributed by atoms with Crippen molar-refractivity contribution in [1.82, 2.24) is 4.90 Å². The summed E-state index contributed by atoms with van der Waals surface area (Å²) in [5.41, 5.74) is 0.174. The molecule has 2 heterocycles. The van der Waals surface area contributed by atoms with E-state index in [0.29, 0.717) is 6.54 Å². The van der Waals surface area contributed by atoms with E-state index < -0.39 is 5.82 Å². The van der Waals surface area contributed by atoms with Crippen LogP contribution in [0.5, 0.6) is 0 Å². The molecule has 1 aromatic rings. The van der Waals surface area contributed by atoms with Crippen molar-refractivity contribution in [3.8, 4) is 0 Å². The average molecular weight is 309 g/mol. The molecular weight excluding hydrogens is 289 g/mol. The van der Waals surface area contributed by atoms with Crippen LogP contribution in [0.3, 0.4) is 0 Å². The summed E-state index contributed by atoms with van der Waals surface area (Å²) in [6.07, 6.45) is 3.12. The second-order valence-corrected chi connectivity index (χ2v) is 6.74. The van der Waals surface area contributed by atoms with Gasteiger partial charge in [-0.05, 0) is 37.1 Å². The van der Waals surface area contributed by atoms with Gasteiger partial charge in [0.15, 0.2) is 0 Å². The van der Waals surface area contributed by atoms with Crippen molar-refractivity contribution in [3.05, 3.63) is 35.6 Å². The fourth-order valence-electron chi connectivity index (χ4n) is 2.96. The highest BCUT2D eigenvalue weighted by Gasteiger charge is 2.32. The molecule has 2 aliphatic rings. The molecule has 1 aromatic carbocycles. The van der Waals surface area contributed by atoms with E-state index in [9.17, 15) is 9.18 Å². The monoisotopic (exact) mass is 309 g/mol. The predicted molar refractivity (Wildman–Crippen MR) is 82.1 cm³/mol. The normalized spacial score (nSPS) is 25.2. The van der Waals surface area contributed by atoms with Gasteiger partial charge in [-0.2, -0.15) is 11.8 Å². The van der Waals surface area contributed by atoms with Gasteiger partial charge in [-0.1, -0.05) is 12.1 Å². The van der Waals surface area contributed by atoms with Crippen LogP contribution in [0.2, 0.25) is 0 Å². The van der Waals surface area contributed by atoms with Gasteiger partial charge in [0.05, 0.1) is 11.7 Å². The van der Waals surface area contributed by atoms with Crippen molar-refractivity contribution in [1.29, 1.82) is 0 Å². The van der Waals surface area contributed by atoms with E-state index in [-0.39, 0.29) is 23.6 Å². The fraction of sp³-hybridized carbons (Fsp3) is 0.562. The Labute approximate surface area is 128 Å². The molecule has 0 spiro atoms. The lowest BCUT2D eigenvalue weighted by atomic mass is 10.1. The first-order valence-corrected chi connectivity index (χ1v) is 8.66. The number of benzene rings is 1. The molecule has 0 radical (unpaired) electrons. The quantitative estimate of drug-likeness (QED) is 0.856. The van der Waals surface area contributed by atoms with Gasteiger partial charge in [-0.15, -0.1) is 0 Å². The Morgan fingerprint density at radius 3 is 2.90 bits per heavy atom. The Morgan fingerprint density at radius 2 is 2.24 bits per heavy atom. The molecule has 0 saturated carbocycles. The molecule has 2 saturated heterocycles. The molecule has 5 heteroatoms. The molecule has 0 aromatic heterocycles. The molecule has 2 unspecified atom stereocenters. The second-order valence-electron chi connectivity index (χ2n) is 5.59. The number of hydrogen-bond acceptors (Lipinski definition) is 3. The number of hydrogen-bond donors (Lipinski definition) is 0. The molecule has 2 fully saturated rings. The number of carbonyl (C=O) groups is 1. The molecule has 21 heavy (non-hydrogen) atoms. The summed E-state index contributed by atoms with van der Waals surface area (Å²) in [5.74, 6) is 1.37. The molecule has 3 rings (SSSR count). The Kier molecular flexibility index (Phi) is 4.80. The number of thioether (sulfide) groups is 1. The second kappa shape index (κ2) is 6.79. The molecule has 2 aliphatic heterocycles. The zero-order valence-electron chi connectivity index (χ0n) is 12.0. The summed E-state index contributed by atoms with van der Waals surface area (Å²) in [6, 6.07) is 6.45. The maximum atomic E-state index is 13.9. The third kappa shape index (κ3) is 3.40. The highest BCUT2D eigenvalue weighted by molar-refractivity contribution is 7.99. The zero-order chi connectivity index (χ0) is 14.7. The smallest absolute Gasteiger partial charge is 0.257 e. The van der Waals surface area contributed by atoms with Crippen LogP contribution in [0, 0.1) is 5.82 Å². The Morgan fingerprint density at radius 1 is 1.38 bits per heavy atom. The predicted octanol–water partition coefficient (Wildman–Crippen LogP) is 2.95. The molecular formula is C16H20FNO2S. The maximum absolute atomic E-state index is 13.9. The van der Waals surface area contributed by atoms with E-state index in [2.05, 4.69) is 0 Å². The summed E-state index contributed by atoms with van der Waals surface area (Å²) in [6.45, 7) is 1.35. The van der Waals surface area contributed by atoms with Crippen molar-refractivity contribution in [2.75, 3.05) is 24.7 Å². The van der Waals surface area contributed by atoms with Crippen molar-refractivity contribution < 1.29 is 13.9 Å². The molecule has 1 amide bonds. The van der Waals surface area contributed by atoms with Crippen LogP contribution in [0.15, 0.2) is 24.3 Å². The third-order valence-corrected chi connectivity index (χ3v) is 5.28. The number of halogens is 1. The van der Waals surface area contributed by atoms with Gasteiger partial charge < -0.3 is 9.64 Å². The van der Waals surface area contributed by atoms with Crippen molar-refractivity contribution >= 4 is 17.7 Å². The van der Waals surface area contributed by atoms with Crippen molar-refractivity contribution in [3.63, 3.8) is 0 Å².